The third-order valence-electron chi connectivity index (χ3n) is 3.06. The Kier molecular flexibility index (Phi) is 3.16. The molecule has 88 valence electrons. The summed E-state index contributed by atoms with van der Waals surface area (Å²) < 4.78 is 0. The number of anilines is 1. The van der Waals surface area contributed by atoms with Crippen LogP contribution in [0.4, 0.5) is 5.00 Å². The largest absolute Gasteiger partial charge is 0.390 e. The number of nitrogens with one attached hydrogen (secondary N) is 1. The lowest BCUT2D eigenvalue weighted by atomic mass is 10.0. The van der Waals surface area contributed by atoms with Gasteiger partial charge in [-0.15, -0.1) is 11.3 Å². The number of nitrogens with zero attached hydrogens (tertiary/aromatic N) is 1. The Bertz CT molecular complexity index is 414. The summed E-state index contributed by atoms with van der Waals surface area (Å²) in [6.07, 6.45) is 0.930. The van der Waals surface area contributed by atoms with Crippen molar-refractivity contribution in [1.82, 2.24) is 10.2 Å². The number of likely N-dealkylation sites (N-methyl/N-ethyl adjacent to an activating group) is 1. The molecule has 2 rings (SSSR count). The molecule has 0 aliphatic carbocycles. The second kappa shape index (κ2) is 4.43. The van der Waals surface area contributed by atoms with Crippen LogP contribution in [0, 0.1) is 0 Å². The van der Waals surface area contributed by atoms with Crippen LogP contribution >= 0.6 is 11.3 Å². The lowest BCUT2D eigenvalue weighted by Crippen LogP contribution is -2.30. The van der Waals surface area contributed by atoms with E-state index in [0.717, 1.165) is 31.6 Å². The van der Waals surface area contributed by atoms with E-state index in [1.807, 2.05) is 0 Å². The number of thiophene rings is 1. The third kappa shape index (κ3) is 1.81. The van der Waals surface area contributed by atoms with Gasteiger partial charge in [0.1, 0.15) is 0 Å². The molecule has 1 aliphatic rings. The lowest BCUT2D eigenvalue weighted by molar-refractivity contribution is 0.0962. The zero-order valence-corrected chi connectivity index (χ0v) is 10.5. The molecule has 0 atom stereocenters. The highest BCUT2D eigenvalue weighted by atomic mass is 32.1. The van der Waals surface area contributed by atoms with Gasteiger partial charge in [-0.1, -0.05) is 6.92 Å². The van der Waals surface area contributed by atoms with Crippen LogP contribution in [0.25, 0.3) is 0 Å². The molecule has 1 aromatic rings. The normalized spacial score (nSPS) is 15.9. The van der Waals surface area contributed by atoms with E-state index in [4.69, 9.17) is 5.73 Å². The van der Waals surface area contributed by atoms with Crippen molar-refractivity contribution in [3.63, 3.8) is 0 Å². The SMILES string of the molecule is CCN1CCc2c(sc(N)c2C(=O)NC)C1. The summed E-state index contributed by atoms with van der Waals surface area (Å²) in [5.74, 6) is -0.0556. The first-order valence-electron chi connectivity index (χ1n) is 5.51. The summed E-state index contributed by atoms with van der Waals surface area (Å²) in [6.45, 7) is 5.15. The Morgan fingerprint density at radius 2 is 2.38 bits per heavy atom. The number of hydrogen-bond donors (Lipinski definition) is 2. The minimum atomic E-state index is -0.0556. The highest BCUT2D eigenvalue weighted by molar-refractivity contribution is 7.16. The van der Waals surface area contributed by atoms with Crippen molar-refractivity contribution >= 4 is 22.2 Å². The number of fused-ring (bicyclic) bond motifs is 1. The van der Waals surface area contributed by atoms with Crippen LogP contribution in [0.2, 0.25) is 0 Å². The van der Waals surface area contributed by atoms with E-state index in [-0.39, 0.29) is 5.91 Å². The number of rotatable bonds is 2. The molecule has 0 radical (unpaired) electrons. The Hall–Kier alpha value is -1.07. The first-order valence-corrected chi connectivity index (χ1v) is 6.33. The molecule has 0 aromatic carbocycles. The number of nitrogen functional groups attached to an aromatic ring is 1. The fourth-order valence-electron chi connectivity index (χ4n) is 2.12. The summed E-state index contributed by atoms with van der Waals surface area (Å²) in [4.78, 5) is 15.3. The Labute approximate surface area is 99.4 Å². The average molecular weight is 239 g/mol. The Morgan fingerprint density at radius 1 is 1.62 bits per heavy atom. The van der Waals surface area contributed by atoms with Crippen molar-refractivity contribution in [3.8, 4) is 0 Å². The first-order chi connectivity index (χ1) is 7.67. The van der Waals surface area contributed by atoms with Gasteiger partial charge in [0.05, 0.1) is 10.6 Å². The van der Waals surface area contributed by atoms with E-state index in [9.17, 15) is 4.79 Å². The average Bonchev–Trinajstić information content (AvgIpc) is 2.62. The second-order valence-corrected chi connectivity index (χ2v) is 5.08. The molecule has 1 aromatic heterocycles. The van der Waals surface area contributed by atoms with Crippen molar-refractivity contribution in [2.75, 3.05) is 25.9 Å². The molecule has 0 saturated carbocycles. The highest BCUT2D eigenvalue weighted by Crippen LogP contribution is 2.34. The molecule has 1 aliphatic heterocycles. The van der Waals surface area contributed by atoms with Crippen LogP contribution in [-0.2, 0) is 13.0 Å². The highest BCUT2D eigenvalue weighted by Gasteiger charge is 2.25. The van der Waals surface area contributed by atoms with E-state index in [1.54, 1.807) is 18.4 Å². The number of carbonyl (C=O) groups is 1. The minimum Gasteiger partial charge on any atom is -0.390 e. The van der Waals surface area contributed by atoms with Crippen molar-refractivity contribution in [2.45, 2.75) is 19.9 Å². The number of amides is 1. The zero-order chi connectivity index (χ0) is 11.7. The van der Waals surface area contributed by atoms with Gasteiger partial charge in [-0.25, -0.2) is 0 Å². The summed E-state index contributed by atoms with van der Waals surface area (Å²) >= 11 is 1.55. The quantitative estimate of drug-likeness (QED) is 0.811. The van der Waals surface area contributed by atoms with Crippen molar-refractivity contribution < 1.29 is 4.79 Å². The maximum atomic E-state index is 11.7. The summed E-state index contributed by atoms with van der Waals surface area (Å²) in [5, 5.41) is 3.31. The zero-order valence-electron chi connectivity index (χ0n) is 9.67. The van der Waals surface area contributed by atoms with Gasteiger partial charge in [0.15, 0.2) is 0 Å². The van der Waals surface area contributed by atoms with E-state index in [0.29, 0.717) is 10.6 Å². The molecule has 0 unspecified atom stereocenters. The van der Waals surface area contributed by atoms with Gasteiger partial charge in [-0.3, -0.25) is 9.69 Å². The summed E-state index contributed by atoms with van der Waals surface area (Å²) in [6, 6.07) is 0. The fourth-order valence-corrected chi connectivity index (χ4v) is 3.28. The molecular weight excluding hydrogens is 222 g/mol. The number of nitrogens with two attached hydrogens (primary N) is 1. The number of carbonyl (C=O) groups excluding carboxylic acids is 1. The van der Waals surface area contributed by atoms with Gasteiger partial charge in [0.25, 0.3) is 5.91 Å². The van der Waals surface area contributed by atoms with E-state index >= 15 is 0 Å². The maximum Gasteiger partial charge on any atom is 0.254 e. The molecule has 16 heavy (non-hydrogen) atoms. The van der Waals surface area contributed by atoms with E-state index in [1.165, 1.54) is 4.88 Å². The Balaban J connectivity index is 2.36. The van der Waals surface area contributed by atoms with Crippen LogP contribution < -0.4 is 11.1 Å². The second-order valence-electron chi connectivity index (χ2n) is 3.94. The standard InChI is InChI=1S/C11H17N3OS/c1-3-14-5-4-7-8(6-14)16-10(12)9(7)11(15)13-2/h3-6,12H2,1-2H3,(H,13,15). The predicted octanol–water partition coefficient (Wildman–Crippen LogP) is 1.07. The van der Waals surface area contributed by atoms with Gasteiger partial charge in [0.2, 0.25) is 0 Å². The molecule has 0 fully saturated rings. The van der Waals surface area contributed by atoms with Crippen LogP contribution in [0.15, 0.2) is 0 Å². The molecule has 3 N–H and O–H groups in total. The van der Waals surface area contributed by atoms with Crippen molar-refractivity contribution in [3.05, 3.63) is 16.0 Å². The maximum absolute atomic E-state index is 11.7. The van der Waals surface area contributed by atoms with Gasteiger partial charge in [0, 0.05) is 25.0 Å². The molecule has 0 saturated heterocycles. The monoisotopic (exact) mass is 239 g/mol. The van der Waals surface area contributed by atoms with Gasteiger partial charge >= 0.3 is 0 Å². The fraction of sp³-hybridized carbons (Fsp3) is 0.545. The Morgan fingerprint density at radius 3 is 3.00 bits per heavy atom. The van der Waals surface area contributed by atoms with Gasteiger partial charge < -0.3 is 11.1 Å². The smallest absolute Gasteiger partial charge is 0.254 e. The molecular formula is C11H17N3OS. The number of hydrogen-bond acceptors (Lipinski definition) is 4. The topological polar surface area (TPSA) is 58.4 Å². The van der Waals surface area contributed by atoms with E-state index in [2.05, 4.69) is 17.1 Å². The molecule has 0 bridgehead atoms. The van der Waals surface area contributed by atoms with Crippen LogP contribution in [0.5, 0.6) is 0 Å². The minimum absolute atomic E-state index is 0.0556. The summed E-state index contributed by atoms with van der Waals surface area (Å²) in [7, 11) is 1.65. The van der Waals surface area contributed by atoms with Gasteiger partial charge in [-0.05, 0) is 18.5 Å². The third-order valence-corrected chi connectivity index (χ3v) is 4.11. The molecule has 2 heterocycles. The summed E-state index contributed by atoms with van der Waals surface area (Å²) in [5.41, 5.74) is 7.79. The van der Waals surface area contributed by atoms with Crippen molar-refractivity contribution in [1.29, 1.82) is 0 Å². The van der Waals surface area contributed by atoms with E-state index < -0.39 is 0 Å². The van der Waals surface area contributed by atoms with Crippen LogP contribution in [0.3, 0.4) is 0 Å². The van der Waals surface area contributed by atoms with Crippen LogP contribution in [0.1, 0.15) is 27.7 Å². The predicted molar refractivity (Wildman–Crippen MR) is 66.8 cm³/mol. The first kappa shape index (κ1) is 11.4. The molecule has 5 heteroatoms. The molecule has 0 spiro atoms. The van der Waals surface area contributed by atoms with Crippen molar-refractivity contribution in [2.24, 2.45) is 0 Å². The lowest BCUT2D eigenvalue weighted by Gasteiger charge is -2.25. The molecule has 1 amide bonds. The molecule has 4 nitrogen and oxygen atoms in total. The van der Waals surface area contributed by atoms with Gasteiger partial charge in [-0.2, -0.15) is 0 Å². The van der Waals surface area contributed by atoms with Crippen LogP contribution in [-0.4, -0.2) is 30.9 Å².